The van der Waals surface area contributed by atoms with Gasteiger partial charge in [-0.3, -0.25) is 0 Å². The number of hydrogen-bond acceptors (Lipinski definition) is 3. The number of carboxylic acid groups (broad SMARTS) is 1. The number of nitrogens with two attached hydrogens (primary N) is 1. The summed E-state index contributed by atoms with van der Waals surface area (Å²) in [6, 6.07) is 3.91. The van der Waals surface area contributed by atoms with E-state index in [-0.39, 0.29) is 18.4 Å². The number of anilines is 1. The van der Waals surface area contributed by atoms with E-state index in [2.05, 4.69) is 0 Å². The van der Waals surface area contributed by atoms with Gasteiger partial charge in [0.1, 0.15) is 17.7 Å². The number of nitrogen functional groups attached to an aromatic ring is 1. The molecule has 1 heterocycles. The topological polar surface area (TPSA) is 75.8 Å². The van der Waals surface area contributed by atoms with Crippen LogP contribution in [0.1, 0.15) is 12.8 Å². The summed E-state index contributed by atoms with van der Waals surface area (Å²) in [5.74, 6) is -0.155. The maximum absolute atomic E-state index is 13.1. The third kappa shape index (κ3) is 2.82. The van der Waals surface area contributed by atoms with Crippen LogP contribution in [0.15, 0.2) is 18.2 Å². The maximum Gasteiger partial charge on any atom is 0.407 e. The highest BCUT2D eigenvalue weighted by atomic mass is 19.1. The molecule has 1 amide bonds. The number of nitrogens with zero attached hydrogens (tertiary/aromatic N) is 1. The van der Waals surface area contributed by atoms with E-state index >= 15 is 0 Å². The first-order valence-electron chi connectivity index (χ1n) is 5.76. The minimum Gasteiger partial charge on any atom is -0.486 e. The van der Waals surface area contributed by atoms with Crippen LogP contribution in [0.5, 0.6) is 5.75 Å². The lowest BCUT2D eigenvalue weighted by Crippen LogP contribution is -2.43. The molecule has 6 heteroatoms. The van der Waals surface area contributed by atoms with Crippen LogP contribution in [0.25, 0.3) is 0 Å². The van der Waals surface area contributed by atoms with Crippen molar-refractivity contribution in [3.05, 3.63) is 24.0 Å². The molecule has 18 heavy (non-hydrogen) atoms. The Hall–Kier alpha value is -1.98. The van der Waals surface area contributed by atoms with Crippen molar-refractivity contribution >= 4 is 11.8 Å². The van der Waals surface area contributed by atoms with Gasteiger partial charge in [0.25, 0.3) is 0 Å². The number of hydrogen-bond donors (Lipinski definition) is 2. The van der Waals surface area contributed by atoms with E-state index in [1.54, 1.807) is 0 Å². The molecule has 1 aliphatic rings. The second-order valence-corrected chi connectivity index (χ2v) is 4.29. The molecule has 1 aromatic carbocycles. The van der Waals surface area contributed by atoms with Crippen LogP contribution in [0.3, 0.4) is 0 Å². The third-order valence-electron chi connectivity index (χ3n) is 2.92. The van der Waals surface area contributed by atoms with Gasteiger partial charge in [0.05, 0.1) is 12.2 Å². The van der Waals surface area contributed by atoms with Gasteiger partial charge in [0, 0.05) is 12.6 Å². The Bertz CT molecular complexity index is 453. The van der Waals surface area contributed by atoms with Gasteiger partial charge in [-0.1, -0.05) is 0 Å². The fraction of sp³-hybridized carbons (Fsp3) is 0.417. The number of benzene rings is 1. The lowest BCUT2D eigenvalue weighted by Gasteiger charge is -2.31. The van der Waals surface area contributed by atoms with Crippen LogP contribution < -0.4 is 10.5 Å². The van der Waals surface area contributed by atoms with Gasteiger partial charge < -0.3 is 20.5 Å². The normalized spacial score (nSPS) is 19.6. The Morgan fingerprint density at radius 3 is 3.06 bits per heavy atom. The molecular formula is C12H15FN2O3. The molecule has 1 saturated heterocycles. The van der Waals surface area contributed by atoms with Crippen molar-refractivity contribution in [3.8, 4) is 5.75 Å². The molecule has 1 aliphatic heterocycles. The van der Waals surface area contributed by atoms with Crippen molar-refractivity contribution in [2.45, 2.75) is 18.9 Å². The molecule has 0 aromatic heterocycles. The fourth-order valence-electron chi connectivity index (χ4n) is 2.00. The summed E-state index contributed by atoms with van der Waals surface area (Å²) in [4.78, 5) is 12.2. The van der Waals surface area contributed by atoms with Crippen LogP contribution in [-0.4, -0.2) is 35.3 Å². The van der Waals surface area contributed by atoms with E-state index in [0.29, 0.717) is 12.2 Å². The standard InChI is InChI=1S/C12H15FN2O3/c13-8-3-4-10(14)11(6-8)18-9-2-1-5-15(7-9)12(16)17/h3-4,6,9H,1-2,5,7,14H2,(H,16,17)/t9-/m1/s1. The van der Waals surface area contributed by atoms with Crippen molar-refractivity contribution in [1.29, 1.82) is 0 Å². The molecule has 2 rings (SSSR count). The number of piperidine rings is 1. The monoisotopic (exact) mass is 254 g/mol. The summed E-state index contributed by atoms with van der Waals surface area (Å²) in [7, 11) is 0. The largest absolute Gasteiger partial charge is 0.486 e. The second kappa shape index (κ2) is 5.12. The number of rotatable bonds is 2. The van der Waals surface area contributed by atoms with Gasteiger partial charge in [-0.2, -0.15) is 0 Å². The number of amides is 1. The number of likely N-dealkylation sites (tertiary alicyclic amines) is 1. The Morgan fingerprint density at radius 2 is 2.33 bits per heavy atom. The Labute approximate surface area is 104 Å². The second-order valence-electron chi connectivity index (χ2n) is 4.29. The van der Waals surface area contributed by atoms with Crippen molar-refractivity contribution in [1.82, 2.24) is 4.90 Å². The molecule has 1 atom stereocenters. The summed E-state index contributed by atoms with van der Waals surface area (Å²) >= 11 is 0. The van der Waals surface area contributed by atoms with Crippen molar-refractivity contribution < 1.29 is 19.0 Å². The van der Waals surface area contributed by atoms with E-state index in [1.165, 1.54) is 23.1 Å². The van der Waals surface area contributed by atoms with E-state index in [1.807, 2.05) is 0 Å². The molecule has 0 spiro atoms. The molecule has 0 bridgehead atoms. The van der Waals surface area contributed by atoms with E-state index in [0.717, 1.165) is 12.8 Å². The minimum absolute atomic E-state index is 0.271. The average molecular weight is 254 g/mol. The van der Waals surface area contributed by atoms with Gasteiger partial charge in [-0.15, -0.1) is 0 Å². The van der Waals surface area contributed by atoms with Gasteiger partial charge in [-0.25, -0.2) is 9.18 Å². The molecular weight excluding hydrogens is 239 g/mol. The lowest BCUT2D eigenvalue weighted by molar-refractivity contribution is 0.0794. The first kappa shape index (κ1) is 12.5. The lowest BCUT2D eigenvalue weighted by atomic mass is 10.1. The predicted molar refractivity (Wildman–Crippen MR) is 64.1 cm³/mol. The molecule has 98 valence electrons. The first-order chi connectivity index (χ1) is 8.56. The molecule has 0 radical (unpaired) electrons. The van der Waals surface area contributed by atoms with Gasteiger partial charge >= 0.3 is 6.09 Å². The average Bonchev–Trinajstić information content (AvgIpc) is 2.34. The number of carbonyl (C=O) groups is 1. The number of halogens is 1. The molecule has 1 fully saturated rings. The summed E-state index contributed by atoms with van der Waals surface area (Å²) < 4.78 is 18.6. The first-order valence-corrected chi connectivity index (χ1v) is 5.76. The molecule has 5 nitrogen and oxygen atoms in total. The highest BCUT2D eigenvalue weighted by molar-refractivity contribution is 5.65. The van der Waals surface area contributed by atoms with Crippen LogP contribution in [0, 0.1) is 5.82 Å². The predicted octanol–water partition coefficient (Wildman–Crippen LogP) is 1.93. The molecule has 1 aromatic rings. The van der Waals surface area contributed by atoms with Crippen LogP contribution in [0.2, 0.25) is 0 Å². The van der Waals surface area contributed by atoms with Crippen molar-refractivity contribution in [2.75, 3.05) is 18.8 Å². The third-order valence-corrected chi connectivity index (χ3v) is 2.92. The molecule has 0 aliphatic carbocycles. The zero-order valence-corrected chi connectivity index (χ0v) is 9.80. The zero-order valence-electron chi connectivity index (χ0n) is 9.80. The summed E-state index contributed by atoms with van der Waals surface area (Å²) in [5, 5.41) is 8.91. The fourth-order valence-corrected chi connectivity index (χ4v) is 2.00. The van der Waals surface area contributed by atoms with Crippen LogP contribution in [0.4, 0.5) is 14.9 Å². The van der Waals surface area contributed by atoms with Crippen molar-refractivity contribution in [3.63, 3.8) is 0 Å². The SMILES string of the molecule is Nc1ccc(F)cc1O[C@@H]1CCCN(C(=O)O)C1. The highest BCUT2D eigenvalue weighted by Gasteiger charge is 2.24. The van der Waals surface area contributed by atoms with E-state index in [9.17, 15) is 9.18 Å². The number of ether oxygens (including phenoxy) is 1. The molecule has 0 unspecified atom stereocenters. The Balaban J connectivity index is 2.04. The van der Waals surface area contributed by atoms with E-state index < -0.39 is 11.9 Å². The molecule has 3 N–H and O–H groups in total. The van der Waals surface area contributed by atoms with Gasteiger partial charge in [0.15, 0.2) is 0 Å². The summed E-state index contributed by atoms with van der Waals surface area (Å²) in [6.45, 7) is 0.791. The molecule has 0 saturated carbocycles. The quantitative estimate of drug-likeness (QED) is 0.791. The van der Waals surface area contributed by atoms with Crippen LogP contribution in [-0.2, 0) is 0 Å². The smallest absolute Gasteiger partial charge is 0.407 e. The maximum atomic E-state index is 13.1. The summed E-state index contributed by atoms with van der Waals surface area (Å²) in [6.07, 6.45) is 0.223. The Morgan fingerprint density at radius 1 is 1.56 bits per heavy atom. The zero-order chi connectivity index (χ0) is 13.1. The Kier molecular flexibility index (Phi) is 3.55. The van der Waals surface area contributed by atoms with Crippen LogP contribution >= 0.6 is 0 Å². The highest BCUT2D eigenvalue weighted by Crippen LogP contribution is 2.25. The van der Waals surface area contributed by atoms with Crippen molar-refractivity contribution in [2.24, 2.45) is 0 Å². The summed E-state index contributed by atoms with van der Waals surface area (Å²) in [5.41, 5.74) is 6.03. The van der Waals surface area contributed by atoms with Gasteiger partial charge in [-0.05, 0) is 25.0 Å². The van der Waals surface area contributed by atoms with E-state index in [4.69, 9.17) is 15.6 Å². The minimum atomic E-state index is -0.962. The van der Waals surface area contributed by atoms with Gasteiger partial charge in [0.2, 0.25) is 0 Å².